The molecule has 0 aromatic heterocycles. The highest BCUT2D eigenvalue weighted by atomic mass is 16.5. The predicted octanol–water partition coefficient (Wildman–Crippen LogP) is 3.74. The molecule has 8 nitrogen and oxygen atoms in total. The van der Waals surface area contributed by atoms with Gasteiger partial charge in [0.2, 0.25) is 0 Å². The minimum Gasteiger partial charge on any atom is -0.490 e. The Morgan fingerprint density at radius 1 is 1.10 bits per heavy atom. The van der Waals surface area contributed by atoms with Crippen LogP contribution in [0.2, 0.25) is 0 Å². The smallest absolute Gasteiger partial charge is 0.142 e. The van der Waals surface area contributed by atoms with Crippen LogP contribution in [0.1, 0.15) is 42.9 Å². The minimum absolute atomic E-state index is 0.0462. The van der Waals surface area contributed by atoms with E-state index in [1.54, 1.807) is 7.11 Å². The quantitative estimate of drug-likeness (QED) is 0.330. The van der Waals surface area contributed by atoms with Crippen molar-refractivity contribution in [3.63, 3.8) is 0 Å². The topological polar surface area (TPSA) is 81.7 Å². The summed E-state index contributed by atoms with van der Waals surface area (Å²) in [7, 11) is 1.74. The Hall–Kier alpha value is -2.20. The van der Waals surface area contributed by atoms with E-state index in [0.29, 0.717) is 33.0 Å². The number of benzene rings is 2. The Morgan fingerprint density at radius 3 is 2.69 bits per heavy atom. The van der Waals surface area contributed by atoms with E-state index in [1.807, 2.05) is 13.8 Å². The molecule has 2 aromatic carbocycles. The molecule has 216 valence electrons. The number of fused-ring (bicyclic) bond motifs is 1. The summed E-state index contributed by atoms with van der Waals surface area (Å²) in [6, 6.07) is 14.9. The van der Waals surface area contributed by atoms with E-state index in [4.69, 9.17) is 23.7 Å². The molecule has 0 spiro atoms. The van der Waals surface area contributed by atoms with Crippen molar-refractivity contribution >= 4 is 5.69 Å². The number of aliphatic hydroxyl groups excluding tert-OH is 1. The highest BCUT2D eigenvalue weighted by Gasteiger charge is 2.35. The lowest BCUT2D eigenvalue weighted by Gasteiger charge is -2.38. The monoisotopic (exact) mass is 542 g/mol. The van der Waals surface area contributed by atoms with Crippen LogP contribution in [0.25, 0.3) is 0 Å². The fourth-order valence-corrected chi connectivity index (χ4v) is 5.55. The van der Waals surface area contributed by atoms with E-state index in [2.05, 4.69) is 52.7 Å². The number of nitrogens with zero attached hydrogens (tertiary/aromatic N) is 1. The molecule has 1 fully saturated rings. The third-order valence-corrected chi connectivity index (χ3v) is 7.56. The number of anilines is 1. The molecule has 2 aliphatic heterocycles. The first kappa shape index (κ1) is 29.8. The molecule has 2 aromatic rings. The van der Waals surface area contributed by atoms with Crippen molar-refractivity contribution in [2.24, 2.45) is 5.92 Å². The third-order valence-electron chi connectivity index (χ3n) is 7.56. The zero-order chi connectivity index (χ0) is 27.5. The molecule has 4 atom stereocenters. The molecule has 2 heterocycles. The van der Waals surface area contributed by atoms with Crippen molar-refractivity contribution in [3.8, 4) is 5.75 Å². The molecule has 0 aliphatic carbocycles. The van der Waals surface area contributed by atoms with Crippen molar-refractivity contribution in [1.29, 1.82) is 0 Å². The van der Waals surface area contributed by atoms with Gasteiger partial charge in [0.15, 0.2) is 0 Å². The first-order chi connectivity index (χ1) is 19.1. The predicted molar refractivity (Wildman–Crippen MR) is 153 cm³/mol. The number of rotatable bonds is 15. The van der Waals surface area contributed by atoms with Gasteiger partial charge in [0.25, 0.3) is 0 Å². The van der Waals surface area contributed by atoms with Gasteiger partial charge >= 0.3 is 0 Å². The van der Waals surface area contributed by atoms with E-state index >= 15 is 0 Å². The molecule has 39 heavy (non-hydrogen) atoms. The third kappa shape index (κ3) is 8.39. The van der Waals surface area contributed by atoms with Gasteiger partial charge in [-0.3, -0.25) is 0 Å². The van der Waals surface area contributed by atoms with E-state index in [0.717, 1.165) is 61.8 Å². The summed E-state index contributed by atoms with van der Waals surface area (Å²) in [6.07, 6.45) is 1.02. The molecule has 1 saturated heterocycles. The number of piperidine rings is 1. The fourth-order valence-electron chi connectivity index (χ4n) is 5.55. The maximum absolute atomic E-state index is 10.2. The molecule has 8 heteroatoms. The standard InChI is InChI=1S/C31H46N2O6/c1-4-37-23(2)20-36-21-24-6-9-26(10-7-24)31-27(19-34)17-32-18-30(31)39-22-25-8-11-29-28(16-25)33(13-15-38-29)12-5-14-35-3/h6-11,16,23,27,30-32,34H,4-5,12-15,17-22H2,1-3H3/t23?,27-,30-,31-/m0/s1. The largest absolute Gasteiger partial charge is 0.490 e. The van der Waals surface area contributed by atoms with Crippen molar-refractivity contribution in [2.75, 3.05) is 71.2 Å². The zero-order valence-corrected chi connectivity index (χ0v) is 23.8. The van der Waals surface area contributed by atoms with Gasteiger partial charge in [-0.25, -0.2) is 0 Å². The second-order valence-electron chi connectivity index (χ2n) is 10.5. The number of ether oxygens (including phenoxy) is 5. The molecule has 0 saturated carbocycles. The van der Waals surface area contributed by atoms with E-state index in [-0.39, 0.29) is 30.7 Å². The average Bonchev–Trinajstić information content (AvgIpc) is 2.96. The van der Waals surface area contributed by atoms with Crippen LogP contribution in [-0.2, 0) is 32.2 Å². The summed E-state index contributed by atoms with van der Waals surface area (Å²) in [4.78, 5) is 2.37. The van der Waals surface area contributed by atoms with Gasteiger partial charge in [0.05, 0.1) is 44.3 Å². The fraction of sp³-hybridized carbons (Fsp3) is 0.613. The second-order valence-corrected chi connectivity index (χ2v) is 10.5. The summed E-state index contributed by atoms with van der Waals surface area (Å²) in [5.41, 5.74) is 4.56. The Labute approximate surface area is 233 Å². The normalized spacial score (nSPS) is 21.8. The van der Waals surface area contributed by atoms with Crippen LogP contribution in [0.4, 0.5) is 5.69 Å². The van der Waals surface area contributed by atoms with Crippen LogP contribution in [0.5, 0.6) is 5.75 Å². The summed E-state index contributed by atoms with van der Waals surface area (Å²) in [5.74, 6) is 1.12. The van der Waals surface area contributed by atoms with Crippen molar-refractivity contribution < 1.29 is 28.8 Å². The van der Waals surface area contributed by atoms with Crippen LogP contribution in [0.15, 0.2) is 42.5 Å². The van der Waals surface area contributed by atoms with Crippen molar-refractivity contribution in [1.82, 2.24) is 5.32 Å². The molecular weight excluding hydrogens is 496 g/mol. The molecule has 0 radical (unpaired) electrons. The van der Waals surface area contributed by atoms with Crippen LogP contribution >= 0.6 is 0 Å². The lowest BCUT2D eigenvalue weighted by molar-refractivity contribution is -0.0152. The van der Waals surface area contributed by atoms with Gasteiger partial charge in [0.1, 0.15) is 12.4 Å². The molecule has 1 unspecified atom stereocenters. The Balaban J connectivity index is 1.39. The zero-order valence-electron chi connectivity index (χ0n) is 23.8. The van der Waals surface area contributed by atoms with Crippen LogP contribution in [0.3, 0.4) is 0 Å². The highest BCUT2D eigenvalue weighted by Crippen LogP contribution is 2.35. The van der Waals surface area contributed by atoms with Gasteiger partial charge in [0, 0.05) is 58.4 Å². The van der Waals surface area contributed by atoms with Crippen LogP contribution in [-0.4, -0.2) is 83.6 Å². The Morgan fingerprint density at radius 2 is 1.92 bits per heavy atom. The maximum Gasteiger partial charge on any atom is 0.142 e. The number of aliphatic hydroxyl groups is 1. The summed E-state index contributed by atoms with van der Waals surface area (Å²) in [6.45, 7) is 11.2. The lowest BCUT2D eigenvalue weighted by Crippen LogP contribution is -2.47. The molecular formula is C31H46N2O6. The van der Waals surface area contributed by atoms with E-state index in [1.165, 1.54) is 5.56 Å². The van der Waals surface area contributed by atoms with Crippen LogP contribution < -0.4 is 15.0 Å². The number of hydrogen-bond acceptors (Lipinski definition) is 8. The van der Waals surface area contributed by atoms with E-state index < -0.39 is 0 Å². The molecule has 0 amide bonds. The SMILES string of the molecule is CCOC(C)COCc1ccc([C@H]2[C@H](CO)CNC[C@@H]2OCc2ccc3c(c2)N(CCCOC)CCO3)cc1. The first-order valence-electron chi connectivity index (χ1n) is 14.3. The minimum atomic E-state index is -0.0462. The molecule has 2 N–H and O–H groups in total. The maximum atomic E-state index is 10.2. The Kier molecular flexibility index (Phi) is 11.9. The average molecular weight is 543 g/mol. The molecule has 2 aliphatic rings. The van der Waals surface area contributed by atoms with Gasteiger partial charge in [-0.2, -0.15) is 0 Å². The van der Waals surface area contributed by atoms with Crippen molar-refractivity contribution in [3.05, 3.63) is 59.2 Å². The van der Waals surface area contributed by atoms with E-state index in [9.17, 15) is 5.11 Å². The molecule has 0 bridgehead atoms. The first-order valence-corrected chi connectivity index (χ1v) is 14.3. The van der Waals surface area contributed by atoms with Gasteiger partial charge in [-0.05, 0) is 49.1 Å². The van der Waals surface area contributed by atoms with Crippen molar-refractivity contribution in [2.45, 2.75) is 51.6 Å². The molecule has 4 rings (SSSR count). The number of hydrogen-bond donors (Lipinski definition) is 2. The lowest BCUT2D eigenvalue weighted by atomic mass is 9.79. The summed E-state index contributed by atoms with van der Waals surface area (Å²) < 4.78 is 29.1. The highest BCUT2D eigenvalue weighted by molar-refractivity contribution is 5.61. The summed E-state index contributed by atoms with van der Waals surface area (Å²) in [5, 5.41) is 13.6. The van der Waals surface area contributed by atoms with Gasteiger partial charge in [-0.1, -0.05) is 30.3 Å². The summed E-state index contributed by atoms with van der Waals surface area (Å²) >= 11 is 0. The van der Waals surface area contributed by atoms with Gasteiger partial charge < -0.3 is 39.0 Å². The second kappa shape index (κ2) is 15.6. The van der Waals surface area contributed by atoms with Crippen LogP contribution in [0, 0.1) is 5.92 Å². The number of nitrogens with one attached hydrogen (secondary N) is 1. The van der Waals surface area contributed by atoms with Gasteiger partial charge in [-0.15, -0.1) is 0 Å². The number of methoxy groups -OCH3 is 1. The Bertz CT molecular complexity index is 988.